The summed E-state index contributed by atoms with van der Waals surface area (Å²) in [6.45, 7) is 0. The number of pyridine rings is 1. The Morgan fingerprint density at radius 3 is 1.46 bits per heavy atom. The van der Waals surface area contributed by atoms with Gasteiger partial charge in [-0.1, -0.05) is 194 Å². The molecule has 294 valence electrons. The fourth-order valence-electron chi connectivity index (χ4n) is 9.12. The summed E-state index contributed by atoms with van der Waals surface area (Å²) in [5.74, 6) is 1.86. The molecule has 0 fully saturated rings. The fraction of sp³-hybridized carbons (Fsp3) is 0. The number of hydrogen-bond donors (Lipinski definition) is 0. The molecule has 0 aliphatic heterocycles. The van der Waals surface area contributed by atoms with Gasteiger partial charge >= 0.3 is 0 Å². The maximum absolute atomic E-state index is 5.28. The highest BCUT2D eigenvalue weighted by molar-refractivity contribution is 6.28. The van der Waals surface area contributed by atoms with Gasteiger partial charge in [-0.05, 0) is 47.0 Å². The topological polar surface area (TPSA) is 56.5 Å². The van der Waals surface area contributed by atoms with E-state index >= 15 is 0 Å². The molecule has 63 heavy (non-hydrogen) atoms. The van der Waals surface area contributed by atoms with Crippen LogP contribution in [0.25, 0.3) is 117 Å². The minimum Gasteiger partial charge on any atom is -0.308 e. The number of rotatable bonds is 7. The van der Waals surface area contributed by atoms with Crippen LogP contribution in [0.3, 0.4) is 0 Å². The molecule has 9 aromatic carbocycles. The van der Waals surface area contributed by atoms with Gasteiger partial charge < -0.3 is 4.57 Å². The molecule has 5 nitrogen and oxygen atoms in total. The molecule has 5 heteroatoms. The fourth-order valence-corrected chi connectivity index (χ4v) is 9.12. The monoisotopic (exact) mass is 803 g/mol. The molecule has 0 aliphatic rings. The van der Waals surface area contributed by atoms with Gasteiger partial charge in [-0.25, -0.2) is 19.9 Å². The van der Waals surface area contributed by atoms with Gasteiger partial charge in [-0.2, -0.15) is 0 Å². The van der Waals surface area contributed by atoms with Crippen LogP contribution in [0.1, 0.15) is 0 Å². The molecular formula is C58H37N5. The van der Waals surface area contributed by atoms with E-state index < -0.39 is 0 Å². The largest absolute Gasteiger partial charge is 0.308 e. The molecule has 0 saturated heterocycles. The smallest absolute Gasteiger partial charge is 0.164 e. The van der Waals surface area contributed by atoms with Crippen molar-refractivity contribution in [2.45, 2.75) is 0 Å². The Labute approximate surface area is 364 Å². The number of nitrogens with zero attached hydrogens (tertiary/aromatic N) is 5. The highest BCUT2D eigenvalue weighted by atomic mass is 15.0. The van der Waals surface area contributed by atoms with Crippen molar-refractivity contribution in [2.24, 2.45) is 0 Å². The second-order valence-corrected chi connectivity index (χ2v) is 15.8. The molecule has 12 aromatic rings. The Hall–Kier alpha value is -8.54. The lowest BCUT2D eigenvalue weighted by atomic mass is 9.97. The number of benzene rings is 9. The third kappa shape index (κ3) is 6.34. The molecular weight excluding hydrogens is 767 g/mol. The van der Waals surface area contributed by atoms with Gasteiger partial charge in [0.05, 0.1) is 22.2 Å². The van der Waals surface area contributed by atoms with Crippen LogP contribution in [0.15, 0.2) is 224 Å². The minimum atomic E-state index is 0.611. The van der Waals surface area contributed by atoms with Crippen molar-refractivity contribution < 1.29 is 0 Å². The van der Waals surface area contributed by atoms with E-state index in [1.807, 2.05) is 24.3 Å². The lowest BCUT2D eigenvalue weighted by molar-refractivity contribution is 1.07. The van der Waals surface area contributed by atoms with Crippen LogP contribution in [-0.2, 0) is 0 Å². The Morgan fingerprint density at radius 1 is 0.286 bits per heavy atom. The van der Waals surface area contributed by atoms with Crippen LogP contribution in [0.4, 0.5) is 0 Å². The average molecular weight is 804 g/mol. The third-order valence-corrected chi connectivity index (χ3v) is 12.0. The summed E-state index contributed by atoms with van der Waals surface area (Å²) < 4.78 is 2.46. The average Bonchev–Trinajstić information content (AvgIpc) is 3.72. The summed E-state index contributed by atoms with van der Waals surface area (Å²) in [5, 5.41) is 5.77. The normalized spacial score (nSPS) is 11.5. The van der Waals surface area contributed by atoms with Crippen LogP contribution in [0, 0.1) is 0 Å². The van der Waals surface area contributed by atoms with Gasteiger partial charge in [0.2, 0.25) is 0 Å². The lowest BCUT2D eigenvalue weighted by Crippen LogP contribution is -2.00. The molecule has 12 rings (SSSR count). The molecule has 0 atom stereocenters. The summed E-state index contributed by atoms with van der Waals surface area (Å²) in [4.78, 5) is 20.7. The van der Waals surface area contributed by atoms with Crippen molar-refractivity contribution in [3.8, 4) is 73.4 Å². The van der Waals surface area contributed by atoms with Crippen LogP contribution in [-0.4, -0.2) is 24.5 Å². The summed E-state index contributed by atoms with van der Waals surface area (Å²) >= 11 is 0. The van der Waals surface area contributed by atoms with Crippen molar-refractivity contribution in [3.63, 3.8) is 0 Å². The Bertz CT molecular complexity index is 3660. The van der Waals surface area contributed by atoms with E-state index in [4.69, 9.17) is 19.9 Å². The first-order valence-corrected chi connectivity index (χ1v) is 21.2. The zero-order valence-electron chi connectivity index (χ0n) is 34.1. The summed E-state index contributed by atoms with van der Waals surface area (Å²) in [6.07, 6.45) is 0. The summed E-state index contributed by atoms with van der Waals surface area (Å²) in [5.41, 5.74) is 13.6. The van der Waals surface area contributed by atoms with Gasteiger partial charge in [0.15, 0.2) is 17.5 Å². The number of aromatic nitrogens is 5. The third-order valence-electron chi connectivity index (χ3n) is 12.0. The number of fused-ring (bicyclic) bond motifs is 7. The predicted molar refractivity (Wildman–Crippen MR) is 260 cm³/mol. The Balaban J connectivity index is 1.10. The van der Waals surface area contributed by atoms with Crippen LogP contribution >= 0.6 is 0 Å². The highest BCUT2D eigenvalue weighted by Crippen LogP contribution is 2.44. The van der Waals surface area contributed by atoms with Crippen molar-refractivity contribution in [1.29, 1.82) is 0 Å². The molecule has 0 saturated carbocycles. The molecule has 0 unspecified atom stereocenters. The van der Waals surface area contributed by atoms with Crippen molar-refractivity contribution >= 4 is 43.5 Å². The lowest BCUT2D eigenvalue weighted by Gasteiger charge is -2.15. The van der Waals surface area contributed by atoms with Crippen LogP contribution in [0.5, 0.6) is 0 Å². The van der Waals surface area contributed by atoms with E-state index in [2.05, 4.69) is 205 Å². The second kappa shape index (κ2) is 15.2. The molecule has 0 spiro atoms. The standard InChI is InChI=1S/C58H37N5/c1-5-18-38(19-6-1)41-24-15-26-43(36-41)57-60-56(40-22-9-3-10-23-40)61-58(62-57)44-27-16-25-42(37-44)46-31-17-32-47-48-34-35-50-52(55(48)63(54(46)47)45-28-11-4-12-29-45)49-30-13-14-33-51(49)59-53(50)39-20-7-2-8-21-39/h1-37H. The van der Waals surface area contributed by atoms with Crippen LogP contribution < -0.4 is 0 Å². The SMILES string of the molecule is c1ccc(-c2cccc(-c3nc(-c4ccccc4)nc(-c4cccc(-c5cccc6c7ccc8c(-c9ccccc9)nc9ccccc9c8c7n(-c7ccccc7)c56)c4)n3)c2)cc1. The van der Waals surface area contributed by atoms with Gasteiger partial charge in [0.25, 0.3) is 0 Å². The highest BCUT2D eigenvalue weighted by Gasteiger charge is 2.22. The molecule has 0 radical (unpaired) electrons. The van der Waals surface area contributed by atoms with E-state index in [1.165, 1.54) is 16.2 Å². The van der Waals surface area contributed by atoms with Crippen molar-refractivity contribution in [2.75, 3.05) is 0 Å². The van der Waals surface area contributed by atoms with Gasteiger partial charge in [0.1, 0.15) is 0 Å². The van der Waals surface area contributed by atoms with Crippen molar-refractivity contribution in [3.05, 3.63) is 224 Å². The van der Waals surface area contributed by atoms with Gasteiger partial charge in [0, 0.05) is 60.4 Å². The Kier molecular flexibility index (Phi) is 8.75. The first kappa shape index (κ1) is 36.3. The molecule has 3 heterocycles. The van der Waals surface area contributed by atoms with E-state index in [0.717, 1.165) is 83.2 Å². The van der Waals surface area contributed by atoms with E-state index in [1.54, 1.807) is 0 Å². The molecule has 0 aliphatic carbocycles. The zero-order chi connectivity index (χ0) is 41.7. The summed E-state index contributed by atoms with van der Waals surface area (Å²) in [6, 6.07) is 78.6. The van der Waals surface area contributed by atoms with Crippen molar-refractivity contribution in [1.82, 2.24) is 24.5 Å². The molecule has 0 N–H and O–H groups in total. The maximum atomic E-state index is 5.28. The first-order valence-electron chi connectivity index (χ1n) is 21.2. The van der Waals surface area contributed by atoms with Gasteiger partial charge in [-0.3, -0.25) is 0 Å². The first-order chi connectivity index (χ1) is 31.2. The zero-order valence-corrected chi connectivity index (χ0v) is 34.1. The van der Waals surface area contributed by atoms with E-state index in [9.17, 15) is 0 Å². The number of para-hydroxylation sites is 3. The molecule has 0 amide bonds. The Morgan fingerprint density at radius 2 is 0.762 bits per heavy atom. The minimum absolute atomic E-state index is 0.611. The van der Waals surface area contributed by atoms with E-state index in [0.29, 0.717) is 17.5 Å². The summed E-state index contributed by atoms with van der Waals surface area (Å²) in [7, 11) is 0. The predicted octanol–water partition coefficient (Wildman–Crippen LogP) is 14.7. The second-order valence-electron chi connectivity index (χ2n) is 15.8. The number of hydrogen-bond acceptors (Lipinski definition) is 4. The van der Waals surface area contributed by atoms with Gasteiger partial charge in [-0.15, -0.1) is 0 Å². The molecule has 0 bridgehead atoms. The molecule has 3 aromatic heterocycles. The quantitative estimate of drug-likeness (QED) is 0.151. The van der Waals surface area contributed by atoms with Crippen LogP contribution in [0.2, 0.25) is 0 Å². The maximum Gasteiger partial charge on any atom is 0.164 e. The van der Waals surface area contributed by atoms with E-state index in [-0.39, 0.29) is 0 Å².